The van der Waals surface area contributed by atoms with Crippen molar-refractivity contribution in [2.45, 2.75) is 32.9 Å². The summed E-state index contributed by atoms with van der Waals surface area (Å²) in [5.41, 5.74) is 0.741. The van der Waals surface area contributed by atoms with Gasteiger partial charge >= 0.3 is 5.97 Å². The highest BCUT2D eigenvalue weighted by Crippen LogP contribution is 2.28. The first-order valence-electron chi connectivity index (χ1n) is 8.45. The number of hydrogen-bond acceptors (Lipinski definition) is 4. The second-order valence-electron chi connectivity index (χ2n) is 6.14. The van der Waals surface area contributed by atoms with Gasteiger partial charge in [0.05, 0.1) is 5.02 Å². The number of rotatable bonds is 7. The van der Waals surface area contributed by atoms with E-state index in [1.165, 1.54) is 13.0 Å². The van der Waals surface area contributed by atoms with Gasteiger partial charge in [-0.2, -0.15) is 0 Å². The number of hydrogen-bond donors (Lipinski definition) is 0. The lowest BCUT2D eigenvalue weighted by atomic mass is 10.2. The third-order valence-corrected chi connectivity index (χ3v) is 4.22. The van der Waals surface area contributed by atoms with E-state index in [0.717, 1.165) is 5.69 Å². The minimum Gasteiger partial charge on any atom is -0.477 e. The maximum Gasteiger partial charge on any atom is 0.347 e. The molecule has 5 nitrogen and oxygen atoms in total. The highest BCUT2D eigenvalue weighted by Gasteiger charge is 2.23. The summed E-state index contributed by atoms with van der Waals surface area (Å²) in [4.78, 5) is 26.3. The maximum atomic E-state index is 12.5. The third kappa shape index (κ3) is 5.88. The van der Waals surface area contributed by atoms with Crippen LogP contribution in [-0.2, 0) is 14.3 Å². The fourth-order valence-electron chi connectivity index (χ4n) is 2.45. The van der Waals surface area contributed by atoms with Gasteiger partial charge < -0.3 is 14.4 Å². The number of amides is 1. The van der Waals surface area contributed by atoms with Crippen molar-refractivity contribution in [1.29, 1.82) is 0 Å². The molecule has 0 aliphatic rings. The number of anilines is 1. The van der Waals surface area contributed by atoms with Crippen LogP contribution in [0.5, 0.6) is 5.75 Å². The second kappa shape index (κ2) is 9.62. The number of benzene rings is 2. The molecule has 0 aliphatic heterocycles. The van der Waals surface area contributed by atoms with Gasteiger partial charge in [-0.05, 0) is 51.1 Å². The third-order valence-electron chi connectivity index (χ3n) is 3.69. The van der Waals surface area contributed by atoms with Crippen molar-refractivity contribution >= 4 is 40.8 Å². The van der Waals surface area contributed by atoms with Crippen LogP contribution in [0.15, 0.2) is 48.5 Å². The predicted octanol–water partition coefficient (Wildman–Crippen LogP) is 4.75. The fourth-order valence-corrected chi connectivity index (χ4v) is 2.90. The summed E-state index contributed by atoms with van der Waals surface area (Å²) in [5.74, 6) is -0.669. The van der Waals surface area contributed by atoms with Gasteiger partial charge in [-0.15, -0.1) is 0 Å². The van der Waals surface area contributed by atoms with Gasteiger partial charge in [0.1, 0.15) is 5.75 Å². The molecule has 2 aromatic carbocycles. The highest BCUT2D eigenvalue weighted by molar-refractivity contribution is 6.35. The van der Waals surface area contributed by atoms with Gasteiger partial charge in [0, 0.05) is 16.8 Å². The van der Waals surface area contributed by atoms with Gasteiger partial charge in [0.2, 0.25) is 0 Å². The largest absolute Gasteiger partial charge is 0.477 e. The Balaban J connectivity index is 1.95. The summed E-state index contributed by atoms with van der Waals surface area (Å²) >= 11 is 11.9. The molecule has 0 heterocycles. The topological polar surface area (TPSA) is 55.8 Å². The van der Waals surface area contributed by atoms with Crippen molar-refractivity contribution in [3.63, 3.8) is 0 Å². The summed E-state index contributed by atoms with van der Waals surface area (Å²) in [6, 6.07) is 13.8. The molecule has 1 atom stereocenters. The van der Waals surface area contributed by atoms with Crippen LogP contribution in [0.25, 0.3) is 0 Å². The summed E-state index contributed by atoms with van der Waals surface area (Å²) in [6.07, 6.45) is -0.930. The molecule has 0 aliphatic carbocycles. The van der Waals surface area contributed by atoms with Crippen molar-refractivity contribution < 1.29 is 19.1 Å². The maximum absolute atomic E-state index is 12.5. The Bertz CT molecular complexity index is 796. The molecule has 0 spiro atoms. The second-order valence-corrected chi connectivity index (χ2v) is 6.98. The molecule has 27 heavy (non-hydrogen) atoms. The normalized spacial score (nSPS) is 11.8. The van der Waals surface area contributed by atoms with Crippen LogP contribution in [-0.4, -0.2) is 30.6 Å². The Kier molecular flexibility index (Phi) is 7.51. The van der Waals surface area contributed by atoms with Crippen LogP contribution in [0.1, 0.15) is 20.8 Å². The van der Waals surface area contributed by atoms with E-state index in [2.05, 4.69) is 0 Å². The molecular formula is C20H21Cl2NO4. The molecular weight excluding hydrogens is 389 g/mol. The van der Waals surface area contributed by atoms with Crippen LogP contribution in [0.2, 0.25) is 10.0 Å². The minimum atomic E-state index is -0.930. The quantitative estimate of drug-likeness (QED) is 0.619. The van der Waals surface area contributed by atoms with E-state index in [1.807, 2.05) is 44.2 Å². The van der Waals surface area contributed by atoms with Crippen molar-refractivity contribution in [2.75, 3.05) is 11.5 Å². The molecule has 0 unspecified atom stereocenters. The van der Waals surface area contributed by atoms with Crippen molar-refractivity contribution in [3.8, 4) is 5.75 Å². The Hall–Kier alpha value is -2.24. The van der Waals surface area contributed by atoms with Crippen LogP contribution in [0.4, 0.5) is 5.69 Å². The van der Waals surface area contributed by atoms with Crippen molar-refractivity contribution in [1.82, 2.24) is 0 Å². The van der Waals surface area contributed by atoms with Gasteiger partial charge in [-0.3, -0.25) is 4.79 Å². The van der Waals surface area contributed by atoms with E-state index in [-0.39, 0.29) is 23.6 Å². The van der Waals surface area contributed by atoms with Crippen LogP contribution in [0, 0.1) is 0 Å². The van der Waals surface area contributed by atoms with Gasteiger partial charge in [0.15, 0.2) is 12.7 Å². The number of carbonyl (C=O) groups is 2. The van der Waals surface area contributed by atoms with E-state index >= 15 is 0 Å². The molecule has 1 amide bonds. The summed E-state index contributed by atoms with van der Waals surface area (Å²) in [7, 11) is 0. The summed E-state index contributed by atoms with van der Waals surface area (Å²) < 4.78 is 10.6. The Morgan fingerprint density at radius 2 is 1.70 bits per heavy atom. The average Bonchev–Trinajstić information content (AvgIpc) is 2.62. The molecule has 7 heteroatoms. The van der Waals surface area contributed by atoms with E-state index in [1.54, 1.807) is 17.0 Å². The standard InChI is InChI=1S/C20H21Cl2NO4/c1-13(2)23(16-7-5-4-6-8-16)19(24)12-26-20(25)14(3)27-18-10-9-15(21)11-17(18)22/h4-11,13-14H,12H2,1-3H3/t14-/m0/s1. The molecule has 2 rings (SSSR count). The van der Waals surface area contributed by atoms with E-state index in [9.17, 15) is 9.59 Å². The Morgan fingerprint density at radius 3 is 2.30 bits per heavy atom. The number of nitrogens with zero attached hydrogens (tertiary/aromatic N) is 1. The fraction of sp³-hybridized carbons (Fsp3) is 0.300. The molecule has 0 fully saturated rings. The lowest BCUT2D eigenvalue weighted by Gasteiger charge is -2.27. The Morgan fingerprint density at radius 1 is 1.04 bits per heavy atom. The van der Waals surface area contributed by atoms with E-state index in [4.69, 9.17) is 32.7 Å². The number of esters is 1. The molecule has 0 bridgehead atoms. The lowest BCUT2D eigenvalue weighted by molar-refractivity contribution is -0.154. The van der Waals surface area contributed by atoms with Crippen LogP contribution in [0.3, 0.4) is 0 Å². The Labute approximate surface area is 168 Å². The minimum absolute atomic E-state index is 0.0832. The zero-order valence-corrected chi connectivity index (χ0v) is 16.8. The van der Waals surface area contributed by atoms with Gasteiger partial charge in [-0.25, -0.2) is 4.79 Å². The molecule has 0 saturated carbocycles. The average molecular weight is 410 g/mol. The predicted molar refractivity (Wildman–Crippen MR) is 107 cm³/mol. The molecule has 0 radical (unpaired) electrons. The zero-order valence-electron chi connectivity index (χ0n) is 15.3. The lowest BCUT2D eigenvalue weighted by Crippen LogP contribution is -2.40. The summed E-state index contributed by atoms with van der Waals surface area (Å²) in [6.45, 7) is 4.92. The number of carbonyl (C=O) groups excluding carboxylic acids is 2. The smallest absolute Gasteiger partial charge is 0.347 e. The number of halogens is 2. The molecule has 0 saturated heterocycles. The SMILES string of the molecule is CC(C)N(C(=O)COC(=O)[C@H](C)Oc1ccc(Cl)cc1Cl)c1ccccc1. The van der Waals surface area contributed by atoms with Crippen molar-refractivity contribution in [2.24, 2.45) is 0 Å². The molecule has 144 valence electrons. The van der Waals surface area contributed by atoms with Crippen LogP contribution < -0.4 is 9.64 Å². The van der Waals surface area contributed by atoms with E-state index in [0.29, 0.717) is 10.8 Å². The molecule has 2 aromatic rings. The monoisotopic (exact) mass is 409 g/mol. The van der Waals surface area contributed by atoms with E-state index < -0.39 is 12.1 Å². The van der Waals surface area contributed by atoms with Crippen LogP contribution >= 0.6 is 23.2 Å². The highest BCUT2D eigenvalue weighted by atomic mass is 35.5. The van der Waals surface area contributed by atoms with Gasteiger partial charge in [-0.1, -0.05) is 41.4 Å². The molecule has 0 aromatic heterocycles. The molecule has 0 N–H and O–H groups in total. The first-order chi connectivity index (χ1) is 12.8. The first kappa shape index (κ1) is 21.1. The first-order valence-corrected chi connectivity index (χ1v) is 9.20. The summed E-state index contributed by atoms with van der Waals surface area (Å²) in [5, 5.41) is 0.746. The zero-order chi connectivity index (χ0) is 20.0. The number of ether oxygens (including phenoxy) is 2. The number of para-hydroxylation sites is 1. The van der Waals surface area contributed by atoms with Crippen molar-refractivity contribution in [3.05, 3.63) is 58.6 Å². The van der Waals surface area contributed by atoms with Gasteiger partial charge in [0.25, 0.3) is 5.91 Å².